The van der Waals surface area contributed by atoms with E-state index in [2.05, 4.69) is 9.83 Å². The second-order valence-electron chi connectivity index (χ2n) is 5.23. The predicted octanol–water partition coefficient (Wildman–Crippen LogP) is 1.64. The Balaban J connectivity index is 1.76. The Bertz CT molecular complexity index is 714. The Labute approximate surface area is 132 Å². The molecule has 0 fully saturated rings. The normalized spacial score (nSPS) is 22.3. The highest BCUT2D eigenvalue weighted by Gasteiger charge is 2.41. The second-order valence-corrected chi connectivity index (χ2v) is 5.23. The van der Waals surface area contributed by atoms with E-state index in [1.165, 1.54) is 6.07 Å². The molecule has 6 nitrogen and oxygen atoms in total. The van der Waals surface area contributed by atoms with E-state index in [4.69, 9.17) is 10.6 Å². The van der Waals surface area contributed by atoms with E-state index in [0.717, 1.165) is 0 Å². The molecule has 0 bridgehead atoms. The van der Waals surface area contributed by atoms with Crippen molar-refractivity contribution in [1.29, 1.82) is 0 Å². The van der Waals surface area contributed by atoms with Crippen LogP contribution >= 0.6 is 0 Å². The summed E-state index contributed by atoms with van der Waals surface area (Å²) in [4.78, 5) is 22.2. The molecule has 0 saturated carbocycles. The molecule has 2 unspecified atom stereocenters. The fraction of sp³-hybridized carbons (Fsp3) is 0.250. The first-order valence-corrected chi connectivity index (χ1v) is 7.13. The Morgan fingerprint density at radius 3 is 2.96 bits per heavy atom. The van der Waals surface area contributed by atoms with Crippen molar-refractivity contribution in [3.8, 4) is 0 Å². The largest absolute Gasteiger partial charge is 0.485 e. The van der Waals surface area contributed by atoms with Gasteiger partial charge in [0.1, 0.15) is 12.4 Å². The summed E-state index contributed by atoms with van der Waals surface area (Å²) in [6, 6.07) is 5.43. The van der Waals surface area contributed by atoms with Crippen molar-refractivity contribution in [2.75, 3.05) is 0 Å². The van der Waals surface area contributed by atoms with Crippen LogP contribution in [0.15, 0.2) is 53.4 Å². The number of halogens is 1. The fourth-order valence-corrected chi connectivity index (χ4v) is 2.61. The minimum absolute atomic E-state index is 0.0690. The zero-order valence-corrected chi connectivity index (χ0v) is 12.5. The number of hydrogen-bond acceptors (Lipinski definition) is 6. The van der Waals surface area contributed by atoms with E-state index in [0.29, 0.717) is 17.2 Å². The zero-order valence-electron chi connectivity index (χ0n) is 12.5. The molecule has 1 aromatic rings. The van der Waals surface area contributed by atoms with Crippen molar-refractivity contribution >= 4 is 11.8 Å². The molecule has 3 rings (SSSR count). The lowest BCUT2D eigenvalue weighted by Crippen LogP contribution is -2.44. The smallest absolute Gasteiger partial charge is 0.349 e. The quantitative estimate of drug-likeness (QED) is 0.854. The minimum atomic E-state index is -0.632. The maximum absolute atomic E-state index is 13.7. The van der Waals surface area contributed by atoms with Gasteiger partial charge >= 0.3 is 5.97 Å². The van der Waals surface area contributed by atoms with Gasteiger partial charge in [-0.3, -0.25) is 4.99 Å². The van der Waals surface area contributed by atoms with E-state index in [1.807, 2.05) is 0 Å². The molecular weight excluding hydrogens is 301 g/mol. The Hall–Kier alpha value is -2.67. The number of allylic oxidation sites excluding steroid dienone is 2. The average molecular weight is 317 g/mol. The van der Waals surface area contributed by atoms with Crippen molar-refractivity contribution < 1.29 is 18.8 Å². The van der Waals surface area contributed by atoms with Gasteiger partial charge in [-0.25, -0.2) is 9.18 Å². The van der Waals surface area contributed by atoms with Crippen LogP contribution in [0.1, 0.15) is 12.5 Å². The van der Waals surface area contributed by atoms with Gasteiger partial charge in [-0.05, 0) is 25.1 Å². The molecule has 0 aromatic heterocycles. The first-order valence-electron chi connectivity index (χ1n) is 7.13. The molecule has 0 radical (unpaired) electrons. The lowest BCUT2D eigenvalue weighted by molar-refractivity contribution is -0.148. The summed E-state index contributed by atoms with van der Waals surface area (Å²) in [7, 11) is 0. The molecule has 120 valence electrons. The number of ether oxygens (including phenoxy) is 1. The van der Waals surface area contributed by atoms with Gasteiger partial charge in [0, 0.05) is 11.8 Å². The molecule has 0 saturated heterocycles. The topological polar surface area (TPSA) is 77.1 Å². The van der Waals surface area contributed by atoms with Crippen molar-refractivity contribution in [2.24, 2.45) is 10.9 Å². The summed E-state index contributed by atoms with van der Waals surface area (Å²) in [6.45, 7) is 1.86. The fourth-order valence-electron chi connectivity index (χ4n) is 2.61. The van der Waals surface area contributed by atoms with Gasteiger partial charge in [0.2, 0.25) is 0 Å². The van der Waals surface area contributed by atoms with Crippen molar-refractivity contribution in [3.63, 3.8) is 0 Å². The van der Waals surface area contributed by atoms with Gasteiger partial charge in [0.25, 0.3) is 0 Å². The third kappa shape index (κ3) is 2.83. The van der Waals surface area contributed by atoms with E-state index in [9.17, 15) is 9.18 Å². The van der Waals surface area contributed by atoms with Crippen molar-refractivity contribution in [2.45, 2.75) is 25.6 Å². The summed E-state index contributed by atoms with van der Waals surface area (Å²) in [5, 5.41) is 0. The highest BCUT2D eigenvalue weighted by atomic mass is 19.1. The van der Waals surface area contributed by atoms with Crippen LogP contribution in [-0.4, -0.2) is 28.8 Å². The van der Waals surface area contributed by atoms with Crippen LogP contribution in [0.25, 0.3) is 0 Å². The lowest BCUT2D eigenvalue weighted by atomic mass is 10.1. The van der Waals surface area contributed by atoms with Gasteiger partial charge < -0.3 is 14.5 Å². The lowest BCUT2D eigenvalue weighted by Gasteiger charge is -2.26. The second kappa shape index (κ2) is 6.21. The summed E-state index contributed by atoms with van der Waals surface area (Å²) in [5.74, 6) is 5.05. The SMILES string of the molecule is CC1N=C2C(OCc3ccccc3F)=CC=CN2C1C(=O)ON. The molecule has 1 aromatic carbocycles. The third-order valence-electron chi connectivity index (χ3n) is 3.74. The van der Waals surface area contributed by atoms with E-state index >= 15 is 0 Å². The minimum Gasteiger partial charge on any atom is -0.485 e. The van der Waals surface area contributed by atoms with E-state index < -0.39 is 12.0 Å². The van der Waals surface area contributed by atoms with E-state index in [-0.39, 0.29) is 18.5 Å². The number of fused-ring (bicyclic) bond motifs is 1. The number of rotatable bonds is 4. The van der Waals surface area contributed by atoms with E-state index in [1.54, 1.807) is 48.4 Å². The number of nitrogens with zero attached hydrogens (tertiary/aromatic N) is 2. The third-order valence-corrected chi connectivity index (χ3v) is 3.74. The molecule has 2 N–H and O–H groups in total. The molecule has 23 heavy (non-hydrogen) atoms. The number of nitrogens with two attached hydrogens (primary N) is 1. The molecule has 2 aliphatic heterocycles. The molecule has 2 aliphatic rings. The molecular formula is C16H16FN3O3. The Kier molecular flexibility index (Phi) is 4.12. The number of carbonyl (C=O) groups excluding carboxylic acids is 1. The number of aliphatic imine (C=N–C) groups is 1. The Morgan fingerprint density at radius 2 is 2.22 bits per heavy atom. The van der Waals surface area contributed by atoms with Crippen LogP contribution in [-0.2, 0) is 21.0 Å². The van der Waals surface area contributed by atoms with Crippen LogP contribution < -0.4 is 5.90 Å². The van der Waals surface area contributed by atoms with Crippen molar-refractivity contribution in [3.05, 3.63) is 59.8 Å². The monoisotopic (exact) mass is 317 g/mol. The summed E-state index contributed by atoms with van der Waals surface area (Å²) in [6.07, 6.45) is 5.16. The van der Waals surface area contributed by atoms with Crippen LogP contribution in [0.4, 0.5) is 4.39 Å². The summed E-state index contributed by atoms with van der Waals surface area (Å²) < 4.78 is 19.3. The standard InChI is InChI=1S/C16H16FN3O3/c1-10-14(16(21)23-18)20-8-4-7-13(15(20)19-10)22-9-11-5-2-3-6-12(11)17/h2-8,10,14H,9,18H2,1H3. The first-order chi connectivity index (χ1) is 11.1. The zero-order chi connectivity index (χ0) is 16.4. The Morgan fingerprint density at radius 1 is 1.43 bits per heavy atom. The highest BCUT2D eigenvalue weighted by molar-refractivity contribution is 6.03. The number of hydrogen-bond donors (Lipinski definition) is 1. The van der Waals surface area contributed by atoms with Crippen LogP contribution in [0.2, 0.25) is 0 Å². The van der Waals surface area contributed by atoms with Crippen molar-refractivity contribution in [1.82, 2.24) is 4.90 Å². The molecule has 0 aliphatic carbocycles. The van der Waals surface area contributed by atoms with Gasteiger partial charge in [0.15, 0.2) is 17.6 Å². The highest BCUT2D eigenvalue weighted by Crippen LogP contribution is 2.26. The van der Waals surface area contributed by atoms with Crippen LogP contribution in [0, 0.1) is 5.82 Å². The number of carbonyl (C=O) groups is 1. The van der Waals surface area contributed by atoms with Gasteiger partial charge in [-0.2, -0.15) is 5.90 Å². The average Bonchev–Trinajstić information content (AvgIpc) is 2.90. The maximum atomic E-state index is 13.7. The summed E-state index contributed by atoms with van der Waals surface area (Å²) >= 11 is 0. The summed E-state index contributed by atoms with van der Waals surface area (Å²) in [5.41, 5.74) is 0.444. The predicted molar refractivity (Wildman–Crippen MR) is 81.2 cm³/mol. The molecule has 0 spiro atoms. The van der Waals surface area contributed by atoms with Gasteiger partial charge in [0.05, 0.1) is 6.04 Å². The van der Waals surface area contributed by atoms with Crippen LogP contribution in [0.5, 0.6) is 0 Å². The first kappa shape index (κ1) is 15.2. The number of amidine groups is 1. The van der Waals surface area contributed by atoms with Gasteiger partial charge in [-0.15, -0.1) is 0 Å². The molecule has 0 amide bonds. The molecule has 2 atom stereocenters. The number of benzene rings is 1. The van der Waals surface area contributed by atoms with Crippen LogP contribution in [0.3, 0.4) is 0 Å². The van der Waals surface area contributed by atoms with Gasteiger partial charge in [-0.1, -0.05) is 18.2 Å². The maximum Gasteiger partial charge on any atom is 0.349 e. The molecule has 2 heterocycles. The molecule has 7 heteroatoms.